The number of β-amino-alcohol motifs (C(OH)–C–C–N with tert-alkyl or cyclic N) is 1. The van der Waals surface area contributed by atoms with E-state index in [-0.39, 0.29) is 18.5 Å². The highest BCUT2D eigenvalue weighted by atomic mass is 35.5. The molecule has 3 aliphatic rings. The summed E-state index contributed by atoms with van der Waals surface area (Å²) in [6, 6.07) is 6.09. The molecule has 1 aromatic rings. The van der Waals surface area contributed by atoms with E-state index in [0.717, 1.165) is 55.6 Å². The number of piperazine rings is 1. The molecule has 6 heteroatoms. The smallest absolute Gasteiger partial charge is 0.0900 e. The molecule has 4 rings (SSSR count). The molecule has 28 heavy (non-hydrogen) atoms. The maximum atomic E-state index is 10.4. The lowest BCUT2D eigenvalue weighted by molar-refractivity contribution is -0.00274. The Morgan fingerprint density at radius 1 is 1.18 bits per heavy atom. The number of ether oxygens (including phenoxy) is 1. The van der Waals surface area contributed by atoms with Crippen LogP contribution in [0, 0.1) is 24.7 Å². The van der Waals surface area contributed by atoms with E-state index < -0.39 is 0 Å². The van der Waals surface area contributed by atoms with Crippen molar-refractivity contribution >= 4 is 29.7 Å². The molecule has 3 fully saturated rings. The molecule has 4 nitrogen and oxygen atoms in total. The minimum absolute atomic E-state index is 0. The first kappa shape index (κ1) is 22.2. The quantitative estimate of drug-likeness (QED) is 0.711. The van der Waals surface area contributed by atoms with E-state index in [9.17, 15) is 5.11 Å². The summed E-state index contributed by atoms with van der Waals surface area (Å²) < 4.78 is 5.89. The summed E-state index contributed by atoms with van der Waals surface area (Å²) in [6.45, 7) is 8.04. The molecule has 4 unspecified atom stereocenters. The second kappa shape index (κ2) is 9.99. The van der Waals surface area contributed by atoms with E-state index in [1.54, 1.807) is 0 Å². The fourth-order valence-corrected chi connectivity index (χ4v) is 5.55. The number of aryl methyl sites for hydroxylation is 1. The third kappa shape index (κ3) is 5.34. The maximum absolute atomic E-state index is 10.4. The van der Waals surface area contributed by atoms with E-state index >= 15 is 0 Å². The van der Waals surface area contributed by atoms with E-state index in [4.69, 9.17) is 16.3 Å². The van der Waals surface area contributed by atoms with Gasteiger partial charge in [0, 0.05) is 50.0 Å². The number of nitrogens with zero attached hydrogens (tertiary/aromatic N) is 2. The van der Waals surface area contributed by atoms with Crippen molar-refractivity contribution in [1.82, 2.24) is 4.90 Å². The van der Waals surface area contributed by atoms with Crippen molar-refractivity contribution in [2.45, 2.75) is 38.7 Å². The minimum Gasteiger partial charge on any atom is -0.389 e. The molecule has 4 atom stereocenters. The fraction of sp³-hybridized carbons (Fsp3) is 0.727. The lowest BCUT2D eigenvalue weighted by atomic mass is 9.90. The van der Waals surface area contributed by atoms with E-state index in [1.165, 1.54) is 36.9 Å². The Labute approximate surface area is 180 Å². The van der Waals surface area contributed by atoms with Crippen LogP contribution in [0.25, 0.3) is 0 Å². The highest BCUT2D eigenvalue weighted by molar-refractivity contribution is 6.30. The van der Waals surface area contributed by atoms with Gasteiger partial charge in [0.05, 0.1) is 12.7 Å². The first-order chi connectivity index (χ1) is 13.1. The van der Waals surface area contributed by atoms with Crippen LogP contribution in [-0.2, 0) is 4.74 Å². The van der Waals surface area contributed by atoms with Gasteiger partial charge in [0.15, 0.2) is 0 Å². The Kier molecular flexibility index (Phi) is 7.91. The van der Waals surface area contributed by atoms with Crippen molar-refractivity contribution in [3.8, 4) is 0 Å². The Morgan fingerprint density at radius 3 is 2.64 bits per heavy atom. The summed E-state index contributed by atoms with van der Waals surface area (Å²) in [5, 5.41) is 11.2. The van der Waals surface area contributed by atoms with Gasteiger partial charge in [-0.25, -0.2) is 0 Å². The molecular formula is C22H34Cl2N2O2. The Balaban J connectivity index is 0.00000225. The number of halogens is 2. The zero-order valence-corrected chi connectivity index (χ0v) is 18.4. The molecule has 2 bridgehead atoms. The van der Waals surface area contributed by atoms with E-state index in [2.05, 4.69) is 28.9 Å². The number of benzene rings is 1. The van der Waals surface area contributed by atoms with Gasteiger partial charge in [-0.3, -0.25) is 4.90 Å². The van der Waals surface area contributed by atoms with Crippen LogP contribution in [0.5, 0.6) is 0 Å². The number of aliphatic hydroxyl groups excluding tert-OH is 1. The SMILES string of the molecule is Cc1ccc(Cl)cc1N1CCN(CC(O)COCC2CC3CCC2C3)CC1.Cl. The monoisotopic (exact) mass is 428 g/mol. The van der Waals surface area contributed by atoms with Gasteiger partial charge < -0.3 is 14.7 Å². The Bertz CT molecular complexity index is 637. The molecule has 0 radical (unpaired) electrons. The average molecular weight is 429 g/mol. The highest BCUT2D eigenvalue weighted by Gasteiger charge is 2.39. The molecule has 1 N–H and O–H groups in total. The predicted molar refractivity (Wildman–Crippen MR) is 118 cm³/mol. The van der Waals surface area contributed by atoms with Crippen molar-refractivity contribution in [3.05, 3.63) is 28.8 Å². The third-order valence-electron chi connectivity index (χ3n) is 6.88. The average Bonchev–Trinajstić information content (AvgIpc) is 3.28. The summed E-state index contributed by atoms with van der Waals surface area (Å²) in [7, 11) is 0. The maximum Gasteiger partial charge on any atom is 0.0900 e. The molecule has 0 spiro atoms. The predicted octanol–water partition coefficient (Wildman–Crippen LogP) is 4.01. The topological polar surface area (TPSA) is 35.9 Å². The lowest BCUT2D eigenvalue weighted by Crippen LogP contribution is -2.49. The standard InChI is InChI=1S/C22H33ClN2O2.ClH/c1-16-2-5-20(23)12-22(16)25-8-6-24(7-9-25)13-21(26)15-27-14-19-11-17-3-4-18(19)10-17;/h2,5,12,17-19,21,26H,3-4,6-11,13-15H2,1H3;1H. The van der Waals surface area contributed by atoms with Gasteiger partial charge in [0.2, 0.25) is 0 Å². The van der Waals surface area contributed by atoms with Gasteiger partial charge >= 0.3 is 0 Å². The summed E-state index contributed by atoms with van der Waals surface area (Å²) in [5.41, 5.74) is 2.50. The molecule has 1 saturated heterocycles. The van der Waals surface area contributed by atoms with E-state index in [0.29, 0.717) is 13.2 Å². The van der Waals surface area contributed by atoms with Crippen LogP contribution in [0.15, 0.2) is 18.2 Å². The number of hydrogen-bond donors (Lipinski definition) is 1. The van der Waals surface area contributed by atoms with Crippen molar-refractivity contribution in [2.75, 3.05) is 50.8 Å². The number of rotatable bonds is 7. The number of hydrogen-bond acceptors (Lipinski definition) is 4. The van der Waals surface area contributed by atoms with Gasteiger partial charge in [-0.15, -0.1) is 12.4 Å². The summed E-state index contributed by atoms with van der Waals surface area (Å²) in [5.74, 6) is 2.61. The van der Waals surface area contributed by atoms with Crippen molar-refractivity contribution < 1.29 is 9.84 Å². The summed E-state index contributed by atoms with van der Waals surface area (Å²) in [4.78, 5) is 4.75. The minimum atomic E-state index is -0.386. The first-order valence-electron chi connectivity index (χ1n) is 10.6. The molecule has 2 aliphatic carbocycles. The molecule has 0 aromatic heterocycles. The zero-order chi connectivity index (χ0) is 18.8. The van der Waals surface area contributed by atoms with Crippen molar-refractivity contribution in [1.29, 1.82) is 0 Å². The molecular weight excluding hydrogens is 395 g/mol. The van der Waals surface area contributed by atoms with Gasteiger partial charge in [0.25, 0.3) is 0 Å². The largest absolute Gasteiger partial charge is 0.389 e. The second-order valence-corrected chi connectivity index (χ2v) is 9.28. The zero-order valence-electron chi connectivity index (χ0n) is 16.9. The molecule has 1 aliphatic heterocycles. The molecule has 0 amide bonds. The number of fused-ring (bicyclic) bond motifs is 2. The molecule has 1 aromatic carbocycles. The van der Waals surface area contributed by atoms with Crippen LogP contribution in [0.3, 0.4) is 0 Å². The second-order valence-electron chi connectivity index (χ2n) is 8.84. The first-order valence-corrected chi connectivity index (χ1v) is 11.0. The van der Waals surface area contributed by atoms with Crippen LogP contribution in [0.4, 0.5) is 5.69 Å². The lowest BCUT2D eigenvalue weighted by Gasteiger charge is -2.37. The Morgan fingerprint density at radius 2 is 1.96 bits per heavy atom. The summed E-state index contributed by atoms with van der Waals surface area (Å²) in [6.07, 6.45) is 5.23. The van der Waals surface area contributed by atoms with Crippen molar-refractivity contribution in [2.24, 2.45) is 17.8 Å². The fourth-order valence-electron chi connectivity index (χ4n) is 5.38. The molecule has 2 saturated carbocycles. The van der Waals surface area contributed by atoms with Gasteiger partial charge in [-0.2, -0.15) is 0 Å². The van der Waals surface area contributed by atoms with Crippen LogP contribution in [0.2, 0.25) is 5.02 Å². The third-order valence-corrected chi connectivity index (χ3v) is 7.11. The van der Waals surface area contributed by atoms with Crippen LogP contribution >= 0.6 is 24.0 Å². The molecule has 1 heterocycles. The number of aliphatic hydroxyl groups is 1. The van der Waals surface area contributed by atoms with Crippen LogP contribution in [-0.4, -0.2) is 62.0 Å². The normalized spacial score (nSPS) is 28.4. The van der Waals surface area contributed by atoms with E-state index in [1.807, 2.05) is 6.07 Å². The van der Waals surface area contributed by atoms with Crippen molar-refractivity contribution in [3.63, 3.8) is 0 Å². The molecule has 158 valence electrons. The van der Waals surface area contributed by atoms with Gasteiger partial charge in [0.1, 0.15) is 0 Å². The van der Waals surface area contributed by atoms with Gasteiger partial charge in [-0.05, 0) is 61.6 Å². The van der Waals surface area contributed by atoms with Crippen LogP contribution in [0.1, 0.15) is 31.2 Å². The van der Waals surface area contributed by atoms with Crippen LogP contribution < -0.4 is 4.90 Å². The van der Waals surface area contributed by atoms with Gasteiger partial charge in [-0.1, -0.05) is 24.1 Å². The Hall–Kier alpha value is -0.520. The summed E-state index contributed by atoms with van der Waals surface area (Å²) >= 11 is 6.17. The number of anilines is 1. The highest BCUT2D eigenvalue weighted by Crippen LogP contribution is 2.48.